The number of carbonyl (C=O) groups is 1. The zero-order valence-corrected chi connectivity index (χ0v) is 16.1. The van der Waals surface area contributed by atoms with Crippen LogP contribution in [0.4, 0.5) is 0 Å². The maximum absolute atomic E-state index is 12.5. The average molecular weight is 367 g/mol. The van der Waals surface area contributed by atoms with Crippen molar-refractivity contribution >= 4 is 5.91 Å². The third-order valence-corrected chi connectivity index (χ3v) is 5.04. The predicted molar refractivity (Wildman–Crippen MR) is 106 cm³/mol. The molecule has 3 rings (SSSR count). The zero-order valence-electron chi connectivity index (χ0n) is 16.1. The molecule has 0 saturated carbocycles. The van der Waals surface area contributed by atoms with Crippen molar-refractivity contribution in [2.24, 2.45) is 0 Å². The van der Waals surface area contributed by atoms with Crippen LogP contribution in [0, 0.1) is 0 Å². The van der Waals surface area contributed by atoms with Crippen molar-refractivity contribution < 1.29 is 9.53 Å². The first-order valence-corrected chi connectivity index (χ1v) is 10.0. The van der Waals surface area contributed by atoms with Crippen LogP contribution in [0.15, 0.2) is 42.7 Å². The number of hydrogen-bond donors (Lipinski definition) is 0. The lowest BCUT2D eigenvalue weighted by Crippen LogP contribution is -2.44. The predicted octanol–water partition coefficient (Wildman–Crippen LogP) is 3.82. The number of ether oxygens (including phenoxy) is 1. The number of piperidine rings is 1. The van der Waals surface area contributed by atoms with Crippen LogP contribution in [0.5, 0.6) is 6.01 Å². The molecule has 1 aromatic heterocycles. The van der Waals surface area contributed by atoms with E-state index in [2.05, 4.69) is 41.2 Å². The number of carbonyl (C=O) groups excluding carboxylic acids is 1. The molecule has 0 bridgehead atoms. The van der Waals surface area contributed by atoms with Crippen LogP contribution in [0.1, 0.15) is 50.2 Å². The van der Waals surface area contributed by atoms with Crippen LogP contribution in [0.2, 0.25) is 0 Å². The van der Waals surface area contributed by atoms with Gasteiger partial charge in [-0.05, 0) is 49.7 Å². The Labute approximate surface area is 161 Å². The number of hydrogen-bond acceptors (Lipinski definition) is 4. The number of nitrogens with zero attached hydrogens (tertiary/aromatic N) is 3. The fourth-order valence-electron chi connectivity index (χ4n) is 3.40. The highest BCUT2D eigenvalue weighted by atomic mass is 16.5. The molecule has 0 radical (unpaired) electrons. The molecule has 2 heterocycles. The third kappa shape index (κ3) is 6.05. The molecule has 1 saturated heterocycles. The van der Waals surface area contributed by atoms with Gasteiger partial charge in [-0.25, -0.2) is 9.97 Å². The lowest BCUT2D eigenvalue weighted by Gasteiger charge is -2.32. The normalized spacial score (nSPS) is 16.9. The van der Waals surface area contributed by atoms with E-state index in [0.717, 1.165) is 50.6 Å². The standard InChI is InChI=1S/C22H29N3O2/c1-2-18-15-23-22(24-16-18)27-20-12-8-14-25(17-20)21(26)13-7-6-11-19-9-4-3-5-10-19/h3-5,9-10,15-16,20H,2,6-8,11-14,17H2,1H3. The zero-order chi connectivity index (χ0) is 18.9. The fourth-order valence-corrected chi connectivity index (χ4v) is 3.40. The lowest BCUT2D eigenvalue weighted by molar-refractivity contribution is -0.134. The molecule has 1 amide bonds. The smallest absolute Gasteiger partial charge is 0.316 e. The Morgan fingerprint density at radius 1 is 1.15 bits per heavy atom. The number of rotatable bonds is 8. The molecule has 5 heteroatoms. The van der Waals surface area contributed by atoms with Crippen LogP contribution in [0.25, 0.3) is 0 Å². The van der Waals surface area contributed by atoms with Gasteiger partial charge in [-0.3, -0.25) is 4.79 Å². The molecule has 5 nitrogen and oxygen atoms in total. The Kier molecular flexibility index (Phi) is 7.19. The van der Waals surface area contributed by atoms with Gasteiger partial charge in [0.1, 0.15) is 6.10 Å². The number of aromatic nitrogens is 2. The van der Waals surface area contributed by atoms with E-state index >= 15 is 0 Å². The van der Waals surface area contributed by atoms with Crippen LogP contribution in [0.3, 0.4) is 0 Å². The van der Waals surface area contributed by atoms with E-state index in [1.807, 2.05) is 11.0 Å². The van der Waals surface area contributed by atoms with E-state index in [1.165, 1.54) is 5.56 Å². The quantitative estimate of drug-likeness (QED) is 0.666. The maximum Gasteiger partial charge on any atom is 0.316 e. The lowest BCUT2D eigenvalue weighted by atomic mass is 10.1. The molecular formula is C22H29N3O2. The first-order valence-electron chi connectivity index (χ1n) is 10.0. The van der Waals surface area contributed by atoms with E-state index in [4.69, 9.17) is 4.74 Å². The third-order valence-electron chi connectivity index (χ3n) is 5.04. The largest absolute Gasteiger partial charge is 0.458 e. The van der Waals surface area contributed by atoms with Crippen LogP contribution in [-0.2, 0) is 17.6 Å². The second kappa shape index (κ2) is 10.0. The molecule has 2 aromatic rings. The maximum atomic E-state index is 12.5. The summed E-state index contributed by atoms with van der Waals surface area (Å²) in [4.78, 5) is 23.0. The molecule has 1 fully saturated rings. The molecule has 1 aliphatic rings. The van der Waals surface area contributed by atoms with E-state index < -0.39 is 0 Å². The van der Waals surface area contributed by atoms with Crippen molar-refractivity contribution in [3.05, 3.63) is 53.9 Å². The Balaban J connectivity index is 1.40. The van der Waals surface area contributed by atoms with Crippen molar-refractivity contribution in [3.63, 3.8) is 0 Å². The molecule has 0 N–H and O–H groups in total. The second-order valence-electron chi connectivity index (χ2n) is 7.14. The number of benzene rings is 1. The summed E-state index contributed by atoms with van der Waals surface area (Å²) in [6.07, 6.45) is 10.0. The summed E-state index contributed by atoms with van der Waals surface area (Å²) in [5.41, 5.74) is 2.43. The summed E-state index contributed by atoms with van der Waals surface area (Å²) in [5.74, 6) is 0.235. The molecule has 1 aromatic carbocycles. The monoisotopic (exact) mass is 367 g/mol. The summed E-state index contributed by atoms with van der Waals surface area (Å²) >= 11 is 0. The molecular weight excluding hydrogens is 338 g/mol. The minimum Gasteiger partial charge on any atom is -0.458 e. The number of aryl methyl sites for hydroxylation is 2. The van der Waals surface area contributed by atoms with Crippen molar-refractivity contribution in [2.45, 2.75) is 58.0 Å². The van der Waals surface area contributed by atoms with Gasteiger partial charge >= 0.3 is 6.01 Å². The van der Waals surface area contributed by atoms with Crippen molar-refractivity contribution in [2.75, 3.05) is 13.1 Å². The van der Waals surface area contributed by atoms with Crippen molar-refractivity contribution in [1.29, 1.82) is 0 Å². The first-order chi connectivity index (χ1) is 13.2. The van der Waals surface area contributed by atoms with E-state index in [1.54, 1.807) is 12.4 Å². The second-order valence-corrected chi connectivity index (χ2v) is 7.14. The molecule has 1 unspecified atom stereocenters. The SMILES string of the molecule is CCc1cnc(OC2CCCN(C(=O)CCCCc3ccccc3)C2)nc1. The minimum atomic E-state index is -0.0144. The van der Waals surface area contributed by atoms with Gasteiger partial charge in [0.05, 0.1) is 6.54 Å². The van der Waals surface area contributed by atoms with Crippen molar-refractivity contribution in [3.8, 4) is 6.01 Å². The summed E-state index contributed by atoms with van der Waals surface area (Å²) in [6.45, 7) is 3.53. The Morgan fingerprint density at radius 2 is 1.93 bits per heavy atom. The molecule has 1 atom stereocenters. The molecule has 0 spiro atoms. The molecule has 27 heavy (non-hydrogen) atoms. The fraction of sp³-hybridized carbons (Fsp3) is 0.500. The van der Waals surface area contributed by atoms with E-state index in [-0.39, 0.29) is 12.0 Å². The number of amides is 1. The van der Waals surface area contributed by atoms with Crippen molar-refractivity contribution in [1.82, 2.24) is 14.9 Å². The number of likely N-dealkylation sites (tertiary alicyclic amines) is 1. The van der Waals surface area contributed by atoms with Gasteiger partial charge in [-0.1, -0.05) is 37.3 Å². The first kappa shape index (κ1) is 19.3. The summed E-state index contributed by atoms with van der Waals surface area (Å²) in [7, 11) is 0. The van der Waals surface area contributed by atoms with Gasteiger partial charge in [0.15, 0.2) is 0 Å². The van der Waals surface area contributed by atoms with Crippen LogP contribution in [-0.4, -0.2) is 40.0 Å². The van der Waals surface area contributed by atoms with E-state index in [9.17, 15) is 4.79 Å². The Bertz CT molecular complexity index is 703. The van der Waals surface area contributed by atoms with Gasteiger partial charge in [-0.2, -0.15) is 0 Å². The summed E-state index contributed by atoms with van der Waals surface area (Å²) < 4.78 is 5.90. The Morgan fingerprint density at radius 3 is 2.67 bits per heavy atom. The minimum absolute atomic E-state index is 0.0144. The highest BCUT2D eigenvalue weighted by Gasteiger charge is 2.25. The van der Waals surface area contributed by atoms with Gasteiger partial charge in [-0.15, -0.1) is 0 Å². The molecule has 0 aliphatic carbocycles. The molecule has 1 aliphatic heterocycles. The summed E-state index contributed by atoms with van der Waals surface area (Å²) in [5, 5.41) is 0. The van der Waals surface area contributed by atoms with Gasteiger partial charge < -0.3 is 9.64 Å². The number of unbranched alkanes of at least 4 members (excludes halogenated alkanes) is 1. The van der Waals surface area contributed by atoms with Crippen LogP contribution >= 0.6 is 0 Å². The Hall–Kier alpha value is -2.43. The highest BCUT2D eigenvalue weighted by molar-refractivity contribution is 5.76. The summed E-state index contributed by atoms with van der Waals surface area (Å²) in [6, 6.07) is 10.9. The van der Waals surface area contributed by atoms with Gasteiger partial charge in [0.2, 0.25) is 5.91 Å². The van der Waals surface area contributed by atoms with E-state index in [0.29, 0.717) is 19.0 Å². The van der Waals surface area contributed by atoms with Gasteiger partial charge in [0, 0.05) is 25.4 Å². The van der Waals surface area contributed by atoms with Crippen LogP contribution < -0.4 is 4.74 Å². The topological polar surface area (TPSA) is 55.3 Å². The van der Waals surface area contributed by atoms with Gasteiger partial charge in [0.25, 0.3) is 0 Å². The average Bonchev–Trinajstić information content (AvgIpc) is 2.72. The molecule has 144 valence electrons. The highest BCUT2D eigenvalue weighted by Crippen LogP contribution is 2.17.